The van der Waals surface area contributed by atoms with Gasteiger partial charge in [0.2, 0.25) is 0 Å². The molecule has 0 bridgehead atoms. The lowest BCUT2D eigenvalue weighted by atomic mass is 9.96. The Bertz CT molecular complexity index is 1510. The number of hydrogen-bond donors (Lipinski definition) is 5. The third kappa shape index (κ3) is 9.34. The summed E-state index contributed by atoms with van der Waals surface area (Å²) in [7, 11) is 3.31. The molecule has 0 spiro atoms. The molecule has 14 heteroatoms. The van der Waals surface area contributed by atoms with Gasteiger partial charge in [-0.3, -0.25) is 19.5 Å². The minimum absolute atomic E-state index is 0.595. The van der Waals surface area contributed by atoms with E-state index in [1.807, 2.05) is 72.9 Å². The normalized spacial score (nSPS) is 10.9. The van der Waals surface area contributed by atoms with Crippen LogP contribution in [0, 0.1) is 0 Å². The van der Waals surface area contributed by atoms with Crippen LogP contribution in [0.4, 0.5) is 0 Å². The number of nitrogens with one attached hydrogen (secondary N) is 1. The van der Waals surface area contributed by atoms with Gasteiger partial charge in [0, 0.05) is 37.0 Å². The molecule has 4 rings (SSSR count). The third-order valence-corrected chi connectivity index (χ3v) is 6.32. The molecule has 0 aliphatic carbocycles. The van der Waals surface area contributed by atoms with E-state index in [9.17, 15) is 14.4 Å². The van der Waals surface area contributed by atoms with E-state index in [-0.39, 0.29) is 0 Å². The fraction of sp³-hybridized carbons (Fsp3) is 0.267. The van der Waals surface area contributed by atoms with Crippen molar-refractivity contribution in [2.24, 2.45) is 0 Å². The van der Waals surface area contributed by atoms with Crippen LogP contribution in [-0.2, 0) is 34.0 Å². The number of aliphatic hydroxyl groups is 1. The Morgan fingerprint density at radius 2 is 1.50 bits per heavy atom. The summed E-state index contributed by atoms with van der Waals surface area (Å²) in [4.78, 5) is 37.3. The van der Waals surface area contributed by atoms with Crippen molar-refractivity contribution in [1.82, 2.24) is 25.3 Å². The minimum Gasteiger partial charge on any atom is -0.493 e. The summed E-state index contributed by atoms with van der Waals surface area (Å²) in [6.45, 7) is 1.89. The number of H-pyrrole nitrogens is 1. The topological polar surface area (TPSA) is 208 Å². The van der Waals surface area contributed by atoms with E-state index < -0.39 is 36.4 Å². The molecular formula is C30H33N5O9. The molecule has 0 unspecified atom stereocenters. The van der Waals surface area contributed by atoms with Gasteiger partial charge in [-0.15, -0.1) is 0 Å². The Hall–Kier alpha value is -5.34. The minimum atomic E-state index is -2.74. The molecule has 4 aromatic rings. The third-order valence-electron chi connectivity index (χ3n) is 6.32. The standard InChI is InChI=1S/C24H25N5O2.C6H8O7/c1-30-22-13-8-11-19(24(22)31-2)15-29(16-20-12-6-7-14-25-20)17-21-23(27-28-26-21)18-9-4-3-5-10-18;7-3(8)1-6(13,5(11)12)2-4(9)10/h3-14H,15-17H2,1-2H3,(H,26,27,28);13H,1-2H2,(H,7,8)(H,9,10)(H,11,12). The number of benzene rings is 2. The highest BCUT2D eigenvalue weighted by Crippen LogP contribution is 2.32. The van der Waals surface area contributed by atoms with Gasteiger partial charge < -0.3 is 29.9 Å². The molecule has 44 heavy (non-hydrogen) atoms. The largest absolute Gasteiger partial charge is 0.493 e. The number of carboxylic acid groups (broad SMARTS) is 3. The van der Waals surface area contributed by atoms with Gasteiger partial charge >= 0.3 is 17.9 Å². The molecule has 2 aromatic heterocycles. The second kappa shape index (κ2) is 15.8. The van der Waals surface area contributed by atoms with Gasteiger partial charge in [0.25, 0.3) is 0 Å². The first-order valence-electron chi connectivity index (χ1n) is 13.2. The number of rotatable bonds is 14. The average Bonchev–Trinajstić information content (AvgIpc) is 3.45. The summed E-state index contributed by atoms with van der Waals surface area (Å²) in [6.07, 6.45) is -0.478. The van der Waals surface area contributed by atoms with Crippen LogP contribution in [0.25, 0.3) is 11.3 Å². The summed E-state index contributed by atoms with van der Waals surface area (Å²) >= 11 is 0. The van der Waals surface area contributed by atoms with Crippen LogP contribution in [0.2, 0.25) is 0 Å². The molecular weight excluding hydrogens is 574 g/mol. The van der Waals surface area contributed by atoms with Crippen molar-refractivity contribution < 1.29 is 44.3 Å². The van der Waals surface area contributed by atoms with Crippen molar-refractivity contribution in [3.63, 3.8) is 0 Å². The van der Waals surface area contributed by atoms with Crippen molar-refractivity contribution in [2.75, 3.05) is 14.2 Å². The van der Waals surface area contributed by atoms with Gasteiger partial charge in [-0.05, 0) is 18.2 Å². The van der Waals surface area contributed by atoms with Crippen LogP contribution in [0.3, 0.4) is 0 Å². The smallest absolute Gasteiger partial charge is 0.336 e. The first kappa shape index (κ1) is 33.2. The Balaban J connectivity index is 0.000000345. The molecule has 0 atom stereocenters. The predicted molar refractivity (Wildman–Crippen MR) is 156 cm³/mol. The van der Waals surface area contributed by atoms with Crippen LogP contribution in [0.5, 0.6) is 11.5 Å². The number of para-hydroxylation sites is 1. The number of hydrogen-bond acceptors (Lipinski definition) is 10. The van der Waals surface area contributed by atoms with Crippen LogP contribution in [0.15, 0.2) is 72.9 Å². The van der Waals surface area contributed by atoms with Crippen molar-refractivity contribution in [1.29, 1.82) is 0 Å². The highest BCUT2D eigenvalue weighted by atomic mass is 16.5. The van der Waals surface area contributed by atoms with E-state index in [0.29, 0.717) is 25.4 Å². The zero-order valence-electron chi connectivity index (χ0n) is 24.1. The van der Waals surface area contributed by atoms with Crippen molar-refractivity contribution in [2.45, 2.75) is 38.1 Å². The van der Waals surface area contributed by atoms with Gasteiger partial charge in [-0.1, -0.05) is 48.5 Å². The fourth-order valence-corrected chi connectivity index (χ4v) is 4.32. The number of pyridine rings is 1. The van der Waals surface area contributed by atoms with E-state index in [1.165, 1.54) is 0 Å². The molecule has 5 N–H and O–H groups in total. The van der Waals surface area contributed by atoms with Gasteiger partial charge in [-0.2, -0.15) is 15.4 Å². The number of ether oxygens (including phenoxy) is 2. The first-order chi connectivity index (χ1) is 21.1. The molecule has 0 fully saturated rings. The molecule has 0 aliphatic rings. The van der Waals surface area contributed by atoms with Gasteiger partial charge in [0.05, 0.1) is 32.8 Å². The van der Waals surface area contributed by atoms with Gasteiger partial charge in [0.1, 0.15) is 11.4 Å². The Morgan fingerprint density at radius 1 is 0.818 bits per heavy atom. The van der Waals surface area contributed by atoms with Crippen LogP contribution < -0.4 is 9.47 Å². The molecule has 0 amide bonds. The summed E-state index contributed by atoms with van der Waals surface area (Å²) in [6, 6.07) is 21.9. The number of aromatic nitrogens is 4. The molecule has 0 saturated carbocycles. The summed E-state index contributed by atoms with van der Waals surface area (Å²) in [5.74, 6) is -3.57. The van der Waals surface area contributed by atoms with E-state index in [2.05, 4.69) is 25.3 Å². The Morgan fingerprint density at radius 3 is 2.07 bits per heavy atom. The number of methoxy groups -OCH3 is 2. The molecule has 14 nitrogen and oxygen atoms in total. The van der Waals surface area contributed by atoms with Crippen LogP contribution >= 0.6 is 0 Å². The highest BCUT2D eigenvalue weighted by molar-refractivity contribution is 5.88. The van der Waals surface area contributed by atoms with Crippen LogP contribution in [-0.4, -0.2) is 83.4 Å². The van der Waals surface area contributed by atoms with E-state index in [4.69, 9.17) is 29.9 Å². The summed E-state index contributed by atoms with van der Waals surface area (Å²) < 4.78 is 11.1. The van der Waals surface area contributed by atoms with Crippen LogP contribution in [0.1, 0.15) is 29.8 Å². The van der Waals surface area contributed by atoms with Gasteiger partial charge in [-0.25, -0.2) is 4.79 Å². The number of aliphatic carboxylic acids is 3. The number of carbonyl (C=O) groups is 3. The lowest BCUT2D eigenvalue weighted by Crippen LogP contribution is -2.42. The molecule has 232 valence electrons. The first-order valence-corrected chi connectivity index (χ1v) is 13.2. The quantitative estimate of drug-likeness (QED) is 0.140. The second-order valence-corrected chi connectivity index (χ2v) is 9.58. The summed E-state index contributed by atoms with van der Waals surface area (Å²) in [5.41, 5.74) is 2.03. The van der Waals surface area contributed by atoms with Crippen molar-refractivity contribution >= 4 is 17.9 Å². The number of aromatic amines is 1. The maximum absolute atomic E-state index is 10.3. The van der Waals surface area contributed by atoms with E-state index in [0.717, 1.165) is 34.0 Å². The summed E-state index contributed by atoms with van der Waals surface area (Å²) in [5, 5.41) is 45.4. The number of nitrogens with zero attached hydrogens (tertiary/aromatic N) is 4. The molecule has 0 aliphatic heterocycles. The molecule has 0 radical (unpaired) electrons. The zero-order valence-corrected chi connectivity index (χ0v) is 24.1. The molecule has 2 aromatic carbocycles. The molecule has 0 saturated heterocycles. The Labute approximate surface area is 252 Å². The lowest BCUT2D eigenvalue weighted by Gasteiger charge is -2.23. The SMILES string of the molecule is COc1cccc(CN(Cc2ccccn2)Cc2n[nH]nc2-c2ccccc2)c1OC.O=C(O)CC(O)(CC(=O)O)C(=O)O. The highest BCUT2D eigenvalue weighted by Gasteiger charge is 2.40. The van der Waals surface area contributed by atoms with Gasteiger partial charge in [0.15, 0.2) is 17.1 Å². The predicted octanol–water partition coefficient (Wildman–Crippen LogP) is 2.84. The zero-order chi connectivity index (χ0) is 32.1. The van der Waals surface area contributed by atoms with Crippen molar-refractivity contribution in [3.05, 3.63) is 89.9 Å². The second-order valence-electron chi connectivity index (χ2n) is 9.58. The Kier molecular flexibility index (Phi) is 11.9. The average molecular weight is 608 g/mol. The van der Waals surface area contributed by atoms with E-state index >= 15 is 0 Å². The lowest BCUT2D eigenvalue weighted by molar-refractivity contribution is -0.170. The van der Waals surface area contributed by atoms with Crippen molar-refractivity contribution in [3.8, 4) is 22.8 Å². The maximum Gasteiger partial charge on any atom is 0.336 e. The maximum atomic E-state index is 10.3. The number of carboxylic acids is 3. The molecule has 2 heterocycles. The fourth-order valence-electron chi connectivity index (χ4n) is 4.32. The van der Waals surface area contributed by atoms with E-state index in [1.54, 1.807) is 14.2 Å². The monoisotopic (exact) mass is 607 g/mol.